The molecule has 1 N–H and O–H groups in total. The van der Waals surface area contributed by atoms with Gasteiger partial charge >= 0.3 is 0 Å². The predicted octanol–water partition coefficient (Wildman–Crippen LogP) is 3.84. The predicted molar refractivity (Wildman–Crippen MR) is 74.6 cm³/mol. The Balaban J connectivity index is 1.61. The fraction of sp³-hybridized carbons (Fsp3) is 0.438. The van der Waals surface area contributed by atoms with Crippen molar-refractivity contribution in [3.63, 3.8) is 0 Å². The Morgan fingerprint density at radius 1 is 1.06 bits per heavy atom. The quantitative estimate of drug-likeness (QED) is 0.875. The smallest absolute Gasteiger partial charge is 0.0703 e. The first-order chi connectivity index (χ1) is 8.90. The summed E-state index contributed by atoms with van der Waals surface area (Å²) in [5.41, 5.74) is 2.27. The van der Waals surface area contributed by atoms with Crippen LogP contribution in [0.25, 0.3) is 10.9 Å². The third-order valence-electron chi connectivity index (χ3n) is 4.18. The summed E-state index contributed by atoms with van der Waals surface area (Å²) in [5, 5.41) is 4.96. The summed E-state index contributed by atoms with van der Waals surface area (Å²) in [6, 6.07) is 11.3. The second-order valence-corrected chi connectivity index (χ2v) is 5.76. The van der Waals surface area contributed by atoms with E-state index >= 15 is 0 Å². The Labute approximate surface area is 107 Å². The molecule has 18 heavy (non-hydrogen) atoms. The van der Waals surface area contributed by atoms with Crippen molar-refractivity contribution in [2.24, 2.45) is 11.8 Å². The Hall–Kier alpha value is -1.57. The van der Waals surface area contributed by atoms with Crippen molar-refractivity contribution in [3.8, 4) is 0 Å². The summed E-state index contributed by atoms with van der Waals surface area (Å²) >= 11 is 0. The molecule has 0 atom stereocenters. The average Bonchev–Trinajstić information content (AvgIpc) is 3.29. The van der Waals surface area contributed by atoms with Crippen LogP contribution in [-0.4, -0.2) is 11.0 Å². The van der Waals surface area contributed by atoms with E-state index < -0.39 is 0 Å². The second-order valence-electron chi connectivity index (χ2n) is 5.76. The molecule has 1 aromatic heterocycles. The van der Waals surface area contributed by atoms with Crippen LogP contribution in [0.1, 0.15) is 25.7 Å². The van der Waals surface area contributed by atoms with Crippen LogP contribution in [0.15, 0.2) is 36.5 Å². The number of fused-ring (bicyclic) bond motifs is 1. The molecule has 4 rings (SSSR count). The fourth-order valence-corrected chi connectivity index (χ4v) is 2.87. The van der Waals surface area contributed by atoms with E-state index in [-0.39, 0.29) is 0 Å². The molecule has 2 aromatic rings. The molecule has 0 amide bonds. The molecule has 2 nitrogen and oxygen atoms in total. The van der Waals surface area contributed by atoms with Gasteiger partial charge in [0.05, 0.1) is 17.4 Å². The van der Waals surface area contributed by atoms with E-state index in [1.54, 1.807) is 0 Å². The van der Waals surface area contributed by atoms with Crippen LogP contribution < -0.4 is 5.32 Å². The van der Waals surface area contributed by atoms with Crippen LogP contribution in [0.4, 0.5) is 5.69 Å². The molecular weight excluding hydrogens is 220 g/mol. The van der Waals surface area contributed by atoms with E-state index in [1.807, 2.05) is 12.3 Å². The zero-order valence-corrected chi connectivity index (χ0v) is 10.5. The summed E-state index contributed by atoms with van der Waals surface area (Å²) in [6.07, 6.45) is 7.63. The maximum atomic E-state index is 4.53. The van der Waals surface area contributed by atoms with Crippen LogP contribution >= 0.6 is 0 Å². The molecule has 0 radical (unpaired) electrons. The molecule has 0 unspecified atom stereocenters. The Morgan fingerprint density at radius 3 is 2.50 bits per heavy atom. The van der Waals surface area contributed by atoms with E-state index in [2.05, 4.69) is 34.6 Å². The normalized spacial score (nSPS) is 19.4. The number of hydrogen-bond donors (Lipinski definition) is 1. The lowest BCUT2D eigenvalue weighted by Crippen LogP contribution is -2.24. The summed E-state index contributed by atoms with van der Waals surface area (Å²) < 4.78 is 0. The molecule has 0 spiro atoms. The number of nitrogens with zero attached hydrogens (tertiary/aromatic N) is 1. The van der Waals surface area contributed by atoms with Gasteiger partial charge in [0.2, 0.25) is 0 Å². The molecular formula is C16H18N2. The molecule has 2 aliphatic rings. The first-order valence-electron chi connectivity index (χ1n) is 7.01. The summed E-state index contributed by atoms with van der Waals surface area (Å²) in [4.78, 5) is 4.53. The van der Waals surface area contributed by atoms with Crippen LogP contribution in [0.2, 0.25) is 0 Å². The van der Waals surface area contributed by atoms with Crippen molar-refractivity contribution in [1.29, 1.82) is 0 Å². The van der Waals surface area contributed by atoms with Crippen molar-refractivity contribution in [2.45, 2.75) is 31.7 Å². The molecule has 2 aliphatic carbocycles. The zero-order chi connectivity index (χ0) is 11.9. The second kappa shape index (κ2) is 3.98. The third kappa shape index (κ3) is 1.96. The highest BCUT2D eigenvalue weighted by atomic mass is 15.0. The van der Waals surface area contributed by atoms with Crippen molar-refractivity contribution in [3.05, 3.63) is 36.5 Å². The van der Waals surface area contributed by atoms with Gasteiger partial charge < -0.3 is 5.32 Å². The average molecular weight is 238 g/mol. The van der Waals surface area contributed by atoms with Crippen molar-refractivity contribution in [1.82, 2.24) is 4.98 Å². The molecule has 0 bridgehead atoms. The Kier molecular flexibility index (Phi) is 2.29. The van der Waals surface area contributed by atoms with Gasteiger partial charge in [-0.05, 0) is 49.7 Å². The van der Waals surface area contributed by atoms with Gasteiger partial charge in [-0.15, -0.1) is 0 Å². The molecule has 92 valence electrons. The number of rotatable bonds is 4. The number of aromatic nitrogens is 1. The topological polar surface area (TPSA) is 24.9 Å². The van der Waals surface area contributed by atoms with E-state index in [0.717, 1.165) is 17.4 Å². The number of pyridine rings is 1. The van der Waals surface area contributed by atoms with Gasteiger partial charge in [-0.25, -0.2) is 0 Å². The van der Waals surface area contributed by atoms with Crippen LogP contribution in [0.5, 0.6) is 0 Å². The van der Waals surface area contributed by atoms with E-state index in [0.29, 0.717) is 6.04 Å². The Bertz CT molecular complexity index is 558. The van der Waals surface area contributed by atoms with E-state index in [4.69, 9.17) is 0 Å². The first kappa shape index (κ1) is 10.4. The van der Waals surface area contributed by atoms with Gasteiger partial charge in [0.15, 0.2) is 0 Å². The fourth-order valence-electron chi connectivity index (χ4n) is 2.87. The number of benzene rings is 1. The molecule has 0 saturated heterocycles. The monoisotopic (exact) mass is 238 g/mol. The highest BCUT2D eigenvalue weighted by Gasteiger charge is 2.41. The molecule has 2 saturated carbocycles. The maximum Gasteiger partial charge on any atom is 0.0703 e. The number of hydrogen-bond acceptors (Lipinski definition) is 2. The molecule has 0 aliphatic heterocycles. The number of anilines is 1. The van der Waals surface area contributed by atoms with Crippen LogP contribution in [0.3, 0.4) is 0 Å². The van der Waals surface area contributed by atoms with Crippen molar-refractivity contribution >= 4 is 16.6 Å². The van der Waals surface area contributed by atoms with Crippen molar-refractivity contribution in [2.75, 3.05) is 5.32 Å². The highest BCUT2D eigenvalue weighted by Crippen LogP contribution is 2.45. The number of nitrogens with one attached hydrogen (secondary N) is 1. The van der Waals surface area contributed by atoms with E-state index in [9.17, 15) is 0 Å². The van der Waals surface area contributed by atoms with Crippen LogP contribution in [-0.2, 0) is 0 Å². The summed E-state index contributed by atoms with van der Waals surface area (Å²) in [7, 11) is 0. The maximum absolute atomic E-state index is 4.53. The third-order valence-corrected chi connectivity index (χ3v) is 4.18. The lowest BCUT2D eigenvalue weighted by Gasteiger charge is -2.19. The van der Waals surface area contributed by atoms with Gasteiger partial charge in [-0.1, -0.05) is 18.2 Å². The molecule has 2 heteroatoms. The zero-order valence-electron chi connectivity index (χ0n) is 10.5. The van der Waals surface area contributed by atoms with Gasteiger partial charge in [0, 0.05) is 11.4 Å². The largest absolute Gasteiger partial charge is 0.380 e. The summed E-state index contributed by atoms with van der Waals surface area (Å²) in [5.74, 6) is 1.84. The van der Waals surface area contributed by atoms with Gasteiger partial charge in [-0.3, -0.25) is 4.98 Å². The highest BCUT2D eigenvalue weighted by molar-refractivity contribution is 5.81. The molecule has 1 heterocycles. The van der Waals surface area contributed by atoms with Gasteiger partial charge in [0.1, 0.15) is 0 Å². The lowest BCUT2D eigenvalue weighted by atomic mass is 10.1. The molecule has 1 aromatic carbocycles. The molecule has 2 fully saturated rings. The van der Waals surface area contributed by atoms with Crippen LogP contribution in [0, 0.1) is 11.8 Å². The lowest BCUT2D eigenvalue weighted by molar-refractivity contribution is 0.567. The summed E-state index contributed by atoms with van der Waals surface area (Å²) in [6.45, 7) is 0. The van der Waals surface area contributed by atoms with Gasteiger partial charge in [-0.2, -0.15) is 0 Å². The van der Waals surface area contributed by atoms with Crippen molar-refractivity contribution < 1.29 is 0 Å². The minimum Gasteiger partial charge on any atom is -0.380 e. The standard InChI is InChI=1S/C16H18N2/c1-2-4-15-13(3-1)9-14(10-17-15)18-16(11-5-6-11)12-7-8-12/h1-4,9-12,16,18H,5-8H2. The van der Waals surface area contributed by atoms with Gasteiger partial charge in [0.25, 0.3) is 0 Å². The Morgan fingerprint density at radius 2 is 1.78 bits per heavy atom. The van der Waals surface area contributed by atoms with E-state index in [1.165, 1.54) is 36.8 Å². The number of para-hydroxylation sites is 1. The SMILES string of the molecule is c1ccc2ncc(NC(C3CC3)C3CC3)cc2c1. The minimum atomic E-state index is 0.702. The minimum absolute atomic E-state index is 0.702. The first-order valence-corrected chi connectivity index (χ1v) is 7.01.